The molecule has 1 saturated heterocycles. The summed E-state index contributed by atoms with van der Waals surface area (Å²) in [4.78, 5) is 25.2. The lowest BCUT2D eigenvalue weighted by Gasteiger charge is -2.31. The lowest BCUT2D eigenvalue weighted by molar-refractivity contribution is -0.119. The molecule has 0 aliphatic carbocycles. The van der Waals surface area contributed by atoms with Crippen LogP contribution < -0.4 is 15.0 Å². The van der Waals surface area contributed by atoms with E-state index in [1.54, 1.807) is 24.3 Å². The van der Waals surface area contributed by atoms with Crippen LogP contribution in [-0.2, 0) is 4.79 Å². The fourth-order valence-corrected chi connectivity index (χ4v) is 2.01. The Balaban J connectivity index is 2.33. The minimum Gasteiger partial charge on any atom is -0.495 e. The molecule has 5 heteroatoms. The first-order valence-electron chi connectivity index (χ1n) is 5.93. The maximum Gasteiger partial charge on any atom is 0.329 e. The van der Waals surface area contributed by atoms with Crippen LogP contribution in [0.25, 0.3) is 0 Å². The Hall–Kier alpha value is -2.04. The van der Waals surface area contributed by atoms with Gasteiger partial charge in [-0.05, 0) is 18.6 Å². The molecule has 1 aromatic rings. The van der Waals surface area contributed by atoms with E-state index in [9.17, 15) is 9.59 Å². The van der Waals surface area contributed by atoms with Crippen molar-refractivity contribution in [1.29, 1.82) is 0 Å². The quantitative estimate of drug-likeness (QED) is 0.889. The molecule has 1 aliphatic heterocycles. The van der Waals surface area contributed by atoms with Crippen LogP contribution in [0.4, 0.5) is 10.5 Å². The first-order chi connectivity index (χ1) is 8.67. The minimum atomic E-state index is -0.386. The maximum atomic E-state index is 12.1. The molecule has 0 saturated carbocycles. The Morgan fingerprint density at radius 2 is 2.11 bits per heavy atom. The Labute approximate surface area is 106 Å². The molecule has 1 unspecified atom stereocenters. The number of rotatable bonds is 3. The van der Waals surface area contributed by atoms with Crippen molar-refractivity contribution in [2.45, 2.75) is 25.8 Å². The zero-order chi connectivity index (χ0) is 13.1. The Morgan fingerprint density at radius 3 is 2.72 bits per heavy atom. The summed E-state index contributed by atoms with van der Waals surface area (Å²) in [7, 11) is 1.51. The second-order valence-corrected chi connectivity index (χ2v) is 4.16. The average Bonchev–Trinajstić information content (AvgIpc) is 2.38. The van der Waals surface area contributed by atoms with Gasteiger partial charge in [-0.3, -0.25) is 4.79 Å². The maximum absolute atomic E-state index is 12.1. The number of imide groups is 1. The highest BCUT2D eigenvalue weighted by molar-refractivity contribution is 6.16. The topological polar surface area (TPSA) is 58.6 Å². The number of nitrogens with one attached hydrogen (secondary N) is 1. The van der Waals surface area contributed by atoms with E-state index in [0.717, 1.165) is 11.3 Å². The lowest BCUT2D eigenvalue weighted by Crippen LogP contribution is -2.54. The molecular formula is C13H16N2O3. The molecule has 1 atom stereocenters. The van der Waals surface area contributed by atoms with Gasteiger partial charge in [0.15, 0.2) is 0 Å². The second-order valence-electron chi connectivity index (χ2n) is 4.16. The molecule has 5 nitrogen and oxygen atoms in total. The van der Waals surface area contributed by atoms with Crippen molar-refractivity contribution in [1.82, 2.24) is 5.32 Å². The molecule has 0 aromatic heterocycles. The average molecular weight is 248 g/mol. The first-order valence-corrected chi connectivity index (χ1v) is 5.93. The number of anilines is 1. The van der Waals surface area contributed by atoms with Crippen molar-refractivity contribution < 1.29 is 14.3 Å². The zero-order valence-corrected chi connectivity index (χ0v) is 10.5. The molecule has 1 aliphatic rings. The van der Waals surface area contributed by atoms with E-state index in [4.69, 9.17) is 4.74 Å². The molecule has 2 rings (SSSR count). The summed E-state index contributed by atoms with van der Waals surface area (Å²) in [6.45, 7) is 1.94. The van der Waals surface area contributed by atoms with Crippen molar-refractivity contribution in [3.63, 3.8) is 0 Å². The number of carbonyl (C=O) groups excluding carboxylic acids is 2. The third-order valence-corrected chi connectivity index (χ3v) is 3.02. The third-order valence-electron chi connectivity index (χ3n) is 3.02. The third kappa shape index (κ3) is 2.16. The van der Waals surface area contributed by atoms with Crippen molar-refractivity contribution >= 4 is 17.6 Å². The van der Waals surface area contributed by atoms with Gasteiger partial charge in [-0.1, -0.05) is 19.1 Å². The van der Waals surface area contributed by atoms with Gasteiger partial charge in [0.2, 0.25) is 5.91 Å². The smallest absolute Gasteiger partial charge is 0.329 e. The summed E-state index contributed by atoms with van der Waals surface area (Å²) in [6.07, 6.45) is 1.07. The predicted octanol–water partition coefficient (Wildman–Crippen LogP) is 1.92. The summed E-state index contributed by atoms with van der Waals surface area (Å²) in [5.41, 5.74) is 0.483. The summed E-state index contributed by atoms with van der Waals surface area (Å²) in [5.74, 6) is 0.311. The fourth-order valence-electron chi connectivity index (χ4n) is 2.01. The van der Waals surface area contributed by atoms with Gasteiger partial charge in [-0.2, -0.15) is 0 Å². The number of para-hydroxylation sites is 2. The highest BCUT2D eigenvalue weighted by Crippen LogP contribution is 2.29. The van der Waals surface area contributed by atoms with Gasteiger partial charge in [-0.25, -0.2) is 9.69 Å². The Bertz CT molecular complexity index is 455. The number of benzene rings is 1. The van der Waals surface area contributed by atoms with Crippen LogP contribution in [0.2, 0.25) is 0 Å². The first kappa shape index (κ1) is 12.4. The number of hydrogen-bond donors (Lipinski definition) is 1. The largest absolute Gasteiger partial charge is 0.495 e. The van der Waals surface area contributed by atoms with Gasteiger partial charge in [0.25, 0.3) is 0 Å². The van der Waals surface area contributed by atoms with E-state index >= 15 is 0 Å². The van der Waals surface area contributed by atoms with Crippen LogP contribution in [0.5, 0.6) is 5.75 Å². The highest BCUT2D eigenvalue weighted by Gasteiger charge is 2.33. The molecule has 96 valence electrons. The minimum absolute atomic E-state index is 0.0732. The van der Waals surface area contributed by atoms with Crippen molar-refractivity contribution in [2.75, 3.05) is 12.0 Å². The molecule has 0 bridgehead atoms. The zero-order valence-electron chi connectivity index (χ0n) is 10.5. The monoisotopic (exact) mass is 248 g/mol. The van der Waals surface area contributed by atoms with Gasteiger partial charge in [-0.15, -0.1) is 0 Å². The van der Waals surface area contributed by atoms with E-state index in [0.29, 0.717) is 17.9 Å². The van der Waals surface area contributed by atoms with E-state index in [-0.39, 0.29) is 18.0 Å². The number of carbonyl (C=O) groups is 2. The predicted molar refractivity (Wildman–Crippen MR) is 67.7 cm³/mol. The number of nitrogens with zero attached hydrogens (tertiary/aromatic N) is 1. The van der Waals surface area contributed by atoms with Crippen LogP contribution in [0.1, 0.15) is 19.8 Å². The number of ether oxygens (including phenoxy) is 1. The summed E-state index contributed by atoms with van der Waals surface area (Å²) in [6, 6.07) is 6.52. The van der Waals surface area contributed by atoms with E-state index in [1.807, 2.05) is 6.92 Å². The molecule has 1 aromatic carbocycles. The van der Waals surface area contributed by atoms with Crippen LogP contribution in [0.15, 0.2) is 24.3 Å². The summed E-state index contributed by atoms with van der Waals surface area (Å²) < 4.78 is 5.17. The lowest BCUT2D eigenvalue weighted by atomic mass is 10.1. The number of urea groups is 1. The van der Waals surface area contributed by atoms with E-state index in [1.165, 1.54) is 7.11 Å². The van der Waals surface area contributed by atoms with Crippen molar-refractivity contribution in [3.8, 4) is 5.75 Å². The fraction of sp³-hybridized carbons (Fsp3) is 0.385. The van der Waals surface area contributed by atoms with E-state index in [2.05, 4.69) is 5.32 Å². The SMILES string of the molecule is CCC1CC(=O)N(c2ccccc2OC)C(=O)N1. The standard InChI is InChI=1S/C13H16N2O3/c1-3-9-8-12(16)15(13(17)14-9)10-6-4-5-7-11(10)18-2/h4-7,9H,3,8H2,1-2H3,(H,14,17). The number of amides is 3. The van der Waals surface area contributed by atoms with Gasteiger partial charge in [0.05, 0.1) is 12.8 Å². The van der Waals surface area contributed by atoms with Crippen LogP contribution >= 0.6 is 0 Å². The Morgan fingerprint density at radius 1 is 1.39 bits per heavy atom. The molecule has 18 heavy (non-hydrogen) atoms. The van der Waals surface area contributed by atoms with Crippen LogP contribution in [-0.4, -0.2) is 25.1 Å². The van der Waals surface area contributed by atoms with Crippen LogP contribution in [0.3, 0.4) is 0 Å². The number of hydrogen-bond acceptors (Lipinski definition) is 3. The van der Waals surface area contributed by atoms with Gasteiger partial charge < -0.3 is 10.1 Å². The van der Waals surface area contributed by atoms with Crippen LogP contribution in [0, 0.1) is 0 Å². The summed E-state index contributed by atoms with van der Waals surface area (Å²) >= 11 is 0. The van der Waals surface area contributed by atoms with E-state index < -0.39 is 0 Å². The molecule has 0 spiro atoms. The molecular weight excluding hydrogens is 232 g/mol. The van der Waals surface area contributed by atoms with Gasteiger partial charge >= 0.3 is 6.03 Å². The molecule has 1 fully saturated rings. The van der Waals surface area contributed by atoms with Crippen molar-refractivity contribution in [3.05, 3.63) is 24.3 Å². The molecule has 3 amide bonds. The summed E-state index contributed by atoms with van der Waals surface area (Å²) in [5, 5.41) is 2.81. The molecule has 0 radical (unpaired) electrons. The highest BCUT2D eigenvalue weighted by atomic mass is 16.5. The molecule has 1 N–H and O–H groups in total. The second kappa shape index (κ2) is 5.08. The van der Waals surface area contributed by atoms with Gasteiger partial charge in [0.1, 0.15) is 5.75 Å². The van der Waals surface area contributed by atoms with Gasteiger partial charge in [0, 0.05) is 12.5 Å². The molecule has 1 heterocycles. The number of methoxy groups -OCH3 is 1. The van der Waals surface area contributed by atoms with Crippen molar-refractivity contribution in [2.24, 2.45) is 0 Å². The normalized spacial score (nSPS) is 19.7. The Kier molecular flexibility index (Phi) is 3.50.